The molecule has 3 rings (SSSR count). The molecule has 10 heteroatoms. The smallest absolute Gasteiger partial charge is 0.274 e. The van der Waals surface area contributed by atoms with Crippen LogP contribution in [0.1, 0.15) is 41.1 Å². The molecule has 2 aromatic rings. The van der Waals surface area contributed by atoms with Crippen LogP contribution in [0.3, 0.4) is 0 Å². The SMILES string of the molecule is CCCn1nc(C(=O)N2CCN(S(=O)(=O)c3cccc(C(C)=O)c3)CC2)ccc1=O. The van der Waals surface area contributed by atoms with E-state index in [1.54, 1.807) is 12.1 Å². The third-order valence-electron chi connectivity index (χ3n) is 4.93. The number of piperazine rings is 1. The third-order valence-corrected chi connectivity index (χ3v) is 6.82. The van der Waals surface area contributed by atoms with E-state index in [0.717, 1.165) is 0 Å². The Labute approximate surface area is 175 Å². The Morgan fingerprint density at radius 3 is 2.40 bits per heavy atom. The Morgan fingerprint density at radius 2 is 1.77 bits per heavy atom. The molecular weight excluding hydrogens is 408 g/mol. The quantitative estimate of drug-likeness (QED) is 0.630. The van der Waals surface area contributed by atoms with Gasteiger partial charge < -0.3 is 4.90 Å². The fraction of sp³-hybridized carbons (Fsp3) is 0.400. The van der Waals surface area contributed by atoms with Crippen LogP contribution in [-0.4, -0.2) is 65.3 Å². The molecule has 0 aliphatic carbocycles. The number of hydrogen-bond donors (Lipinski definition) is 0. The van der Waals surface area contributed by atoms with Gasteiger partial charge in [-0.25, -0.2) is 13.1 Å². The molecule has 1 fully saturated rings. The molecule has 1 aliphatic heterocycles. The summed E-state index contributed by atoms with van der Waals surface area (Å²) in [5.74, 6) is -0.546. The summed E-state index contributed by atoms with van der Waals surface area (Å²) >= 11 is 0. The maximum Gasteiger partial charge on any atom is 0.274 e. The van der Waals surface area contributed by atoms with Crippen molar-refractivity contribution in [2.75, 3.05) is 26.2 Å². The molecule has 1 aromatic heterocycles. The van der Waals surface area contributed by atoms with E-state index in [0.29, 0.717) is 18.5 Å². The Balaban J connectivity index is 1.72. The van der Waals surface area contributed by atoms with Gasteiger partial charge in [-0.1, -0.05) is 19.1 Å². The highest BCUT2D eigenvalue weighted by Crippen LogP contribution is 2.19. The molecule has 0 bridgehead atoms. The van der Waals surface area contributed by atoms with E-state index in [1.165, 1.54) is 45.1 Å². The zero-order valence-corrected chi connectivity index (χ0v) is 17.8. The van der Waals surface area contributed by atoms with Crippen LogP contribution in [-0.2, 0) is 16.6 Å². The number of aryl methyl sites for hydroxylation is 1. The molecule has 2 heterocycles. The number of aromatic nitrogens is 2. The first-order chi connectivity index (χ1) is 14.2. The number of benzene rings is 1. The van der Waals surface area contributed by atoms with Gasteiger partial charge in [-0.3, -0.25) is 14.4 Å². The summed E-state index contributed by atoms with van der Waals surface area (Å²) in [6.07, 6.45) is 0.714. The number of ketones is 1. The van der Waals surface area contributed by atoms with Gasteiger partial charge in [0.2, 0.25) is 10.0 Å². The number of carbonyl (C=O) groups excluding carboxylic acids is 2. The highest BCUT2D eigenvalue weighted by molar-refractivity contribution is 7.89. The fourth-order valence-electron chi connectivity index (χ4n) is 3.25. The van der Waals surface area contributed by atoms with Gasteiger partial charge in [0.05, 0.1) is 4.90 Å². The van der Waals surface area contributed by atoms with Crippen LogP contribution in [0.4, 0.5) is 0 Å². The average molecular weight is 433 g/mol. The van der Waals surface area contributed by atoms with Crippen molar-refractivity contribution in [3.63, 3.8) is 0 Å². The maximum atomic E-state index is 12.9. The summed E-state index contributed by atoms with van der Waals surface area (Å²) in [6, 6.07) is 8.66. The van der Waals surface area contributed by atoms with Crippen molar-refractivity contribution < 1.29 is 18.0 Å². The number of sulfonamides is 1. The first kappa shape index (κ1) is 21.8. The molecule has 160 valence electrons. The topological polar surface area (TPSA) is 110 Å². The molecule has 0 atom stereocenters. The Kier molecular flexibility index (Phi) is 6.47. The fourth-order valence-corrected chi connectivity index (χ4v) is 4.72. The normalized spacial score (nSPS) is 15.2. The second-order valence-electron chi connectivity index (χ2n) is 7.06. The monoisotopic (exact) mass is 432 g/mol. The number of amides is 1. The van der Waals surface area contributed by atoms with Crippen molar-refractivity contribution in [1.82, 2.24) is 19.0 Å². The van der Waals surface area contributed by atoms with E-state index in [9.17, 15) is 22.8 Å². The number of hydrogen-bond acceptors (Lipinski definition) is 6. The summed E-state index contributed by atoms with van der Waals surface area (Å²) < 4.78 is 28.4. The number of nitrogens with zero attached hydrogens (tertiary/aromatic N) is 4. The molecule has 0 saturated carbocycles. The van der Waals surface area contributed by atoms with E-state index >= 15 is 0 Å². The standard InChI is InChI=1S/C20H24N4O5S/c1-3-9-24-19(26)8-7-18(21-24)20(27)22-10-12-23(13-11-22)30(28,29)17-6-4-5-16(14-17)15(2)25/h4-8,14H,3,9-13H2,1-2H3. The van der Waals surface area contributed by atoms with Gasteiger partial charge >= 0.3 is 0 Å². The van der Waals surface area contributed by atoms with Crippen LogP contribution in [0.25, 0.3) is 0 Å². The van der Waals surface area contributed by atoms with Crippen molar-refractivity contribution in [1.29, 1.82) is 0 Å². The third kappa shape index (κ3) is 4.49. The first-order valence-corrected chi connectivity index (χ1v) is 11.2. The van der Waals surface area contributed by atoms with Gasteiger partial charge in [-0.05, 0) is 31.5 Å². The van der Waals surface area contributed by atoms with Crippen molar-refractivity contribution in [2.45, 2.75) is 31.7 Å². The Bertz CT molecular complexity index is 1120. The minimum Gasteiger partial charge on any atom is -0.335 e. The van der Waals surface area contributed by atoms with Gasteiger partial charge in [-0.15, -0.1) is 0 Å². The van der Waals surface area contributed by atoms with Crippen LogP contribution < -0.4 is 5.56 Å². The minimum absolute atomic E-state index is 0.0586. The van der Waals surface area contributed by atoms with Gasteiger partial charge in [0, 0.05) is 44.4 Å². The predicted octanol–water partition coefficient (Wildman–Crippen LogP) is 1.00. The molecule has 0 unspecified atom stereocenters. The Morgan fingerprint density at radius 1 is 1.07 bits per heavy atom. The summed E-state index contributed by atoms with van der Waals surface area (Å²) in [6.45, 7) is 4.39. The molecule has 30 heavy (non-hydrogen) atoms. The van der Waals surface area contributed by atoms with Crippen LogP contribution in [0.2, 0.25) is 0 Å². The van der Waals surface area contributed by atoms with Crippen LogP contribution in [0.15, 0.2) is 46.1 Å². The molecular formula is C20H24N4O5S. The maximum absolute atomic E-state index is 12.9. The van der Waals surface area contributed by atoms with Crippen molar-refractivity contribution in [3.8, 4) is 0 Å². The van der Waals surface area contributed by atoms with Gasteiger partial charge in [0.15, 0.2) is 5.78 Å². The van der Waals surface area contributed by atoms with Gasteiger partial charge in [0.25, 0.3) is 11.5 Å². The molecule has 9 nitrogen and oxygen atoms in total. The van der Waals surface area contributed by atoms with E-state index in [2.05, 4.69) is 5.10 Å². The number of Topliss-reactive ketones (excluding diaryl/α,β-unsaturated/α-hetero) is 1. The number of rotatable bonds is 6. The second kappa shape index (κ2) is 8.88. The number of carbonyl (C=O) groups is 2. The van der Waals surface area contributed by atoms with E-state index < -0.39 is 10.0 Å². The summed E-state index contributed by atoms with van der Waals surface area (Å²) in [4.78, 5) is 37.7. The van der Waals surface area contributed by atoms with Crippen LogP contribution in [0, 0.1) is 0 Å². The largest absolute Gasteiger partial charge is 0.335 e. The molecule has 0 spiro atoms. The first-order valence-electron chi connectivity index (χ1n) is 9.72. The predicted molar refractivity (Wildman–Crippen MR) is 110 cm³/mol. The lowest BCUT2D eigenvalue weighted by atomic mass is 10.2. The highest BCUT2D eigenvalue weighted by Gasteiger charge is 2.31. The van der Waals surface area contributed by atoms with Gasteiger partial charge in [-0.2, -0.15) is 9.40 Å². The average Bonchev–Trinajstić information content (AvgIpc) is 2.75. The van der Waals surface area contributed by atoms with Crippen molar-refractivity contribution in [3.05, 3.63) is 58.0 Å². The zero-order chi connectivity index (χ0) is 21.9. The lowest BCUT2D eigenvalue weighted by Crippen LogP contribution is -2.50. The zero-order valence-electron chi connectivity index (χ0n) is 16.9. The molecule has 1 aliphatic rings. The van der Waals surface area contributed by atoms with E-state index in [4.69, 9.17) is 0 Å². The minimum atomic E-state index is -3.77. The second-order valence-corrected chi connectivity index (χ2v) is 9.00. The molecule has 1 aromatic carbocycles. The molecule has 1 amide bonds. The lowest BCUT2D eigenvalue weighted by molar-refractivity contribution is 0.0688. The molecule has 0 radical (unpaired) electrons. The van der Waals surface area contributed by atoms with Crippen molar-refractivity contribution >= 4 is 21.7 Å². The van der Waals surface area contributed by atoms with E-state index in [1.807, 2.05) is 6.92 Å². The van der Waals surface area contributed by atoms with Gasteiger partial charge in [0.1, 0.15) is 5.69 Å². The summed E-state index contributed by atoms with van der Waals surface area (Å²) in [5.41, 5.74) is 0.226. The highest BCUT2D eigenvalue weighted by atomic mass is 32.2. The summed E-state index contributed by atoms with van der Waals surface area (Å²) in [7, 11) is -3.77. The molecule has 0 N–H and O–H groups in total. The van der Waals surface area contributed by atoms with Crippen LogP contribution in [0.5, 0.6) is 0 Å². The molecule has 1 saturated heterocycles. The van der Waals surface area contributed by atoms with Crippen LogP contribution >= 0.6 is 0 Å². The lowest BCUT2D eigenvalue weighted by Gasteiger charge is -2.33. The van der Waals surface area contributed by atoms with E-state index in [-0.39, 0.29) is 54.0 Å². The summed E-state index contributed by atoms with van der Waals surface area (Å²) in [5, 5.41) is 4.13. The van der Waals surface area contributed by atoms with Crippen molar-refractivity contribution in [2.24, 2.45) is 0 Å². The Hall–Kier alpha value is -2.85.